The van der Waals surface area contributed by atoms with Crippen LogP contribution in [0.15, 0.2) is 18.2 Å². The molecule has 0 bridgehead atoms. The van der Waals surface area contributed by atoms with E-state index in [1.807, 2.05) is 19.1 Å². The standard InChI is InChI=1S/C17H28FNO/c1-6-10-19-16(17(12(3)4)20-7-2)14-9-8-13(5)15(18)11-14/h8-9,11-12,16-17,19H,6-7,10H2,1-5H3. The Morgan fingerprint density at radius 3 is 2.45 bits per heavy atom. The molecule has 1 aromatic rings. The van der Waals surface area contributed by atoms with Crippen LogP contribution in [0.3, 0.4) is 0 Å². The highest BCUT2D eigenvalue weighted by Crippen LogP contribution is 2.26. The fraction of sp³-hybridized carbons (Fsp3) is 0.647. The first-order chi connectivity index (χ1) is 9.51. The summed E-state index contributed by atoms with van der Waals surface area (Å²) in [6, 6.07) is 5.51. The summed E-state index contributed by atoms with van der Waals surface area (Å²) in [7, 11) is 0. The van der Waals surface area contributed by atoms with Gasteiger partial charge in [0.2, 0.25) is 0 Å². The van der Waals surface area contributed by atoms with Gasteiger partial charge < -0.3 is 10.1 Å². The van der Waals surface area contributed by atoms with Crippen molar-refractivity contribution in [3.63, 3.8) is 0 Å². The Morgan fingerprint density at radius 1 is 1.25 bits per heavy atom. The van der Waals surface area contributed by atoms with Gasteiger partial charge in [0.1, 0.15) is 5.82 Å². The van der Waals surface area contributed by atoms with Crippen LogP contribution in [0.25, 0.3) is 0 Å². The zero-order valence-corrected chi connectivity index (χ0v) is 13.4. The second-order valence-electron chi connectivity index (χ2n) is 5.60. The van der Waals surface area contributed by atoms with E-state index in [1.165, 1.54) is 0 Å². The van der Waals surface area contributed by atoms with E-state index in [0.717, 1.165) is 18.5 Å². The summed E-state index contributed by atoms with van der Waals surface area (Å²) in [4.78, 5) is 0. The van der Waals surface area contributed by atoms with Crippen molar-refractivity contribution >= 4 is 0 Å². The number of aryl methyl sites for hydroxylation is 1. The van der Waals surface area contributed by atoms with Crippen molar-refractivity contribution < 1.29 is 9.13 Å². The second kappa shape index (κ2) is 8.38. The summed E-state index contributed by atoms with van der Waals surface area (Å²) >= 11 is 0. The van der Waals surface area contributed by atoms with E-state index in [2.05, 4.69) is 26.1 Å². The van der Waals surface area contributed by atoms with Gasteiger partial charge in [0.05, 0.1) is 12.1 Å². The van der Waals surface area contributed by atoms with Gasteiger partial charge in [0.15, 0.2) is 0 Å². The summed E-state index contributed by atoms with van der Waals surface area (Å²) in [5, 5.41) is 3.51. The van der Waals surface area contributed by atoms with Gasteiger partial charge in [0.25, 0.3) is 0 Å². The largest absolute Gasteiger partial charge is 0.376 e. The van der Waals surface area contributed by atoms with Gasteiger partial charge in [-0.3, -0.25) is 0 Å². The second-order valence-corrected chi connectivity index (χ2v) is 5.60. The lowest BCUT2D eigenvalue weighted by molar-refractivity contribution is 0.00278. The van der Waals surface area contributed by atoms with E-state index in [-0.39, 0.29) is 18.0 Å². The Morgan fingerprint density at radius 2 is 1.95 bits per heavy atom. The van der Waals surface area contributed by atoms with Crippen molar-refractivity contribution in [1.82, 2.24) is 5.32 Å². The molecule has 0 aliphatic carbocycles. The van der Waals surface area contributed by atoms with Gasteiger partial charge in [-0.1, -0.05) is 32.9 Å². The molecular formula is C17H28FNO. The Labute approximate surface area is 122 Å². The highest BCUT2D eigenvalue weighted by Gasteiger charge is 2.26. The number of rotatable bonds is 8. The average molecular weight is 281 g/mol. The fourth-order valence-corrected chi connectivity index (χ4v) is 2.39. The molecular weight excluding hydrogens is 253 g/mol. The van der Waals surface area contributed by atoms with E-state index in [1.54, 1.807) is 13.0 Å². The molecule has 0 aromatic heterocycles. The van der Waals surface area contributed by atoms with Gasteiger partial charge in [0, 0.05) is 6.61 Å². The molecule has 2 atom stereocenters. The molecule has 2 nitrogen and oxygen atoms in total. The third-order valence-corrected chi connectivity index (χ3v) is 3.51. The predicted molar refractivity (Wildman–Crippen MR) is 82.4 cm³/mol. The summed E-state index contributed by atoms with van der Waals surface area (Å²) in [5.74, 6) is 0.221. The Hall–Kier alpha value is -0.930. The third kappa shape index (κ3) is 4.57. The Bertz CT molecular complexity index is 406. The Kier molecular flexibility index (Phi) is 7.17. The van der Waals surface area contributed by atoms with Crippen molar-refractivity contribution in [3.8, 4) is 0 Å². The lowest BCUT2D eigenvalue weighted by atomic mass is 9.92. The molecule has 0 amide bonds. The molecule has 0 spiro atoms. The van der Waals surface area contributed by atoms with Crippen LogP contribution in [-0.2, 0) is 4.74 Å². The molecule has 20 heavy (non-hydrogen) atoms. The van der Waals surface area contributed by atoms with E-state index >= 15 is 0 Å². The van der Waals surface area contributed by atoms with Crippen LogP contribution in [0, 0.1) is 18.7 Å². The highest BCUT2D eigenvalue weighted by atomic mass is 19.1. The van der Waals surface area contributed by atoms with E-state index in [0.29, 0.717) is 18.1 Å². The summed E-state index contributed by atoms with van der Waals surface area (Å²) in [6.45, 7) is 11.8. The lowest BCUT2D eigenvalue weighted by Crippen LogP contribution is -2.37. The molecule has 0 fully saturated rings. The number of hydrogen-bond donors (Lipinski definition) is 1. The monoisotopic (exact) mass is 281 g/mol. The van der Waals surface area contributed by atoms with Gasteiger partial charge in [-0.25, -0.2) is 4.39 Å². The molecule has 0 aliphatic rings. The molecule has 3 heteroatoms. The van der Waals surface area contributed by atoms with Crippen molar-refractivity contribution in [1.29, 1.82) is 0 Å². The third-order valence-electron chi connectivity index (χ3n) is 3.51. The van der Waals surface area contributed by atoms with Crippen LogP contribution < -0.4 is 5.32 Å². The zero-order chi connectivity index (χ0) is 15.1. The Balaban J connectivity index is 3.05. The molecule has 2 unspecified atom stereocenters. The number of ether oxygens (including phenoxy) is 1. The summed E-state index contributed by atoms with van der Waals surface area (Å²) < 4.78 is 19.7. The van der Waals surface area contributed by atoms with Crippen LogP contribution >= 0.6 is 0 Å². The normalized spacial score (nSPS) is 14.6. The van der Waals surface area contributed by atoms with Crippen molar-refractivity contribution in [2.75, 3.05) is 13.2 Å². The summed E-state index contributed by atoms with van der Waals surface area (Å²) in [6.07, 6.45) is 1.09. The average Bonchev–Trinajstić information content (AvgIpc) is 2.41. The van der Waals surface area contributed by atoms with Gasteiger partial charge in [-0.2, -0.15) is 0 Å². The first-order valence-corrected chi connectivity index (χ1v) is 7.62. The number of hydrogen-bond acceptors (Lipinski definition) is 2. The van der Waals surface area contributed by atoms with E-state index in [4.69, 9.17) is 4.74 Å². The van der Waals surface area contributed by atoms with Crippen LogP contribution in [-0.4, -0.2) is 19.3 Å². The first-order valence-electron chi connectivity index (χ1n) is 7.62. The molecule has 1 rings (SSSR count). The van der Waals surface area contributed by atoms with Gasteiger partial charge >= 0.3 is 0 Å². The molecule has 0 saturated heterocycles. The molecule has 0 aliphatic heterocycles. The van der Waals surface area contributed by atoms with Gasteiger partial charge in [-0.05, 0) is 49.9 Å². The number of nitrogens with one attached hydrogen (secondary N) is 1. The highest BCUT2D eigenvalue weighted by molar-refractivity contribution is 5.26. The van der Waals surface area contributed by atoms with Crippen LogP contribution in [0.5, 0.6) is 0 Å². The lowest BCUT2D eigenvalue weighted by Gasteiger charge is -2.31. The molecule has 0 radical (unpaired) electrons. The fourth-order valence-electron chi connectivity index (χ4n) is 2.39. The number of halogens is 1. The zero-order valence-electron chi connectivity index (χ0n) is 13.4. The molecule has 1 aromatic carbocycles. The van der Waals surface area contributed by atoms with Crippen molar-refractivity contribution in [3.05, 3.63) is 35.1 Å². The quantitative estimate of drug-likeness (QED) is 0.769. The molecule has 114 valence electrons. The van der Waals surface area contributed by atoms with Gasteiger partial charge in [-0.15, -0.1) is 0 Å². The minimum atomic E-state index is -0.148. The van der Waals surface area contributed by atoms with Crippen LogP contribution in [0.2, 0.25) is 0 Å². The minimum absolute atomic E-state index is 0.0324. The minimum Gasteiger partial charge on any atom is -0.376 e. The summed E-state index contributed by atoms with van der Waals surface area (Å²) in [5.41, 5.74) is 1.65. The van der Waals surface area contributed by atoms with Crippen molar-refractivity contribution in [2.24, 2.45) is 5.92 Å². The maximum absolute atomic E-state index is 13.8. The topological polar surface area (TPSA) is 21.3 Å². The number of benzene rings is 1. The van der Waals surface area contributed by atoms with Crippen LogP contribution in [0.4, 0.5) is 4.39 Å². The smallest absolute Gasteiger partial charge is 0.126 e. The van der Waals surface area contributed by atoms with E-state index < -0.39 is 0 Å². The SMILES string of the molecule is CCCNC(c1ccc(C)c(F)c1)C(OCC)C(C)C. The predicted octanol–water partition coefficient (Wildman–Crippen LogP) is 4.24. The molecule has 1 N–H and O–H groups in total. The van der Waals surface area contributed by atoms with Crippen LogP contribution in [0.1, 0.15) is 51.3 Å². The molecule has 0 heterocycles. The molecule has 0 saturated carbocycles. The van der Waals surface area contributed by atoms with Crippen molar-refractivity contribution in [2.45, 2.75) is 53.2 Å². The maximum Gasteiger partial charge on any atom is 0.126 e. The first kappa shape index (κ1) is 17.1. The maximum atomic E-state index is 13.8. The van der Waals surface area contributed by atoms with E-state index in [9.17, 15) is 4.39 Å².